The van der Waals surface area contributed by atoms with Crippen LogP contribution in [0.5, 0.6) is 0 Å². The van der Waals surface area contributed by atoms with Crippen molar-refractivity contribution >= 4 is 15.9 Å². The Labute approximate surface area is 112 Å². The highest BCUT2D eigenvalue weighted by molar-refractivity contribution is 9.10. The fourth-order valence-electron chi connectivity index (χ4n) is 2.15. The maximum atomic E-state index is 5.97. The van der Waals surface area contributed by atoms with Crippen molar-refractivity contribution in [3.63, 3.8) is 0 Å². The lowest BCUT2D eigenvalue weighted by molar-refractivity contribution is 0.0648. The van der Waals surface area contributed by atoms with Crippen LogP contribution in [-0.2, 0) is 4.74 Å². The number of nitrogens with one attached hydrogen (secondary N) is 1. The SMILES string of the molecule is CCC1(C)CCOC(c2ccccc2Br)CN1. The maximum absolute atomic E-state index is 5.97. The molecule has 1 heterocycles. The largest absolute Gasteiger partial charge is 0.372 e. The summed E-state index contributed by atoms with van der Waals surface area (Å²) in [5.74, 6) is 0. The highest BCUT2D eigenvalue weighted by Gasteiger charge is 2.27. The van der Waals surface area contributed by atoms with Gasteiger partial charge in [-0.25, -0.2) is 0 Å². The number of halogens is 1. The lowest BCUT2D eigenvalue weighted by Gasteiger charge is -2.27. The topological polar surface area (TPSA) is 21.3 Å². The molecule has 94 valence electrons. The van der Waals surface area contributed by atoms with Gasteiger partial charge in [-0.15, -0.1) is 0 Å². The Hall–Kier alpha value is -0.380. The highest BCUT2D eigenvalue weighted by Crippen LogP contribution is 2.29. The molecule has 2 nitrogen and oxygen atoms in total. The summed E-state index contributed by atoms with van der Waals surface area (Å²) in [6, 6.07) is 8.30. The molecule has 2 rings (SSSR count). The molecule has 1 N–H and O–H groups in total. The molecule has 1 aliphatic heterocycles. The van der Waals surface area contributed by atoms with Crippen molar-refractivity contribution in [1.29, 1.82) is 0 Å². The van der Waals surface area contributed by atoms with Crippen molar-refractivity contribution < 1.29 is 4.74 Å². The van der Waals surface area contributed by atoms with Crippen LogP contribution < -0.4 is 5.32 Å². The summed E-state index contributed by atoms with van der Waals surface area (Å²) in [5, 5.41) is 3.64. The van der Waals surface area contributed by atoms with E-state index in [0.717, 1.165) is 30.5 Å². The summed E-state index contributed by atoms with van der Waals surface area (Å²) in [4.78, 5) is 0. The van der Waals surface area contributed by atoms with Gasteiger partial charge >= 0.3 is 0 Å². The van der Waals surface area contributed by atoms with E-state index in [1.807, 2.05) is 6.07 Å². The zero-order valence-corrected chi connectivity index (χ0v) is 12.1. The number of hydrogen-bond donors (Lipinski definition) is 1. The van der Waals surface area contributed by atoms with Crippen LogP contribution in [-0.4, -0.2) is 18.7 Å². The molecule has 2 atom stereocenters. The fraction of sp³-hybridized carbons (Fsp3) is 0.571. The van der Waals surface area contributed by atoms with Crippen LogP contribution in [0, 0.1) is 0 Å². The van der Waals surface area contributed by atoms with Gasteiger partial charge in [-0.1, -0.05) is 41.1 Å². The van der Waals surface area contributed by atoms with Gasteiger partial charge in [0.15, 0.2) is 0 Å². The van der Waals surface area contributed by atoms with E-state index in [2.05, 4.69) is 53.3 Å². The molecule has 3 heteroatoms. The number of hydrogen-bond acceptors (Lipinski definition) is 2. The van der Waals surface area contributed by atoms with E-state index in [1.54, 1.807) is 0 Å². The Morgan fingerprint density at radius 3 is 2.94 bits per heavy atom. The van der Waals surface area contributed by atoms with Gasteiger partial charge in [0.2, 0.25) is 0 Å². The van der Waals surface area contributed by atoms with Crippen molar-refractivity contribution in [1.82, 2.24) is 5.32 Å². The third kappa shape index (κ3) is 3.09. The summed E-state index contributed by atoms with van der Waals surface area (Å²) in [7, 11) is 0. The average Bonchev–Trinajstić information content (AvgIpc) is 2.53. The standard InChI is InChI=1S/C14H20BrNO/c1-3-14(2)8-9-17-13(10-16-14)11-6-4-5-7-12(11)15/h4-7,13,16H,3,8-10H2,1-2H3. The fourth-order valence-corrected chi connectivity index (χ4v) is 2.69. The molecule has 0 spiro atoms. The molecular formula is C14H20BrNO. The van der Waals surface area contributed by atoms with E-state index in [0.29, 0.717) is 0 Å². The smallest absolute Gasteiger partial charge is 0.0960 e. The molecule has 0 radical (unpaired) electrons. The summed E-state index contributed by atoms with van der Waals surface area (Å²) in [5.41, 5.74) is 1.45. The minimum atomic E-state index is 0.152. The van der Waals surface area contributed by atoms with E-state index in [4.69, 9.17) is 4.74 Å². The first-order valence-corrected chi connectivity index (χ1v) is 7.05. The number of ether oxygens (including phenoxy) is 1. The minimum Gasteiger partial charge on any atom is -0.372 e. The highest BCUT2D eigenvalue weighted by atomic mass is 79.9. The molecular weight excluding hydrogens is 278 g/mol. The molecule has 0 saturated carbocycles. The second-order valence-electron chi connectivity index (χ2n) is 4.93. The predicted molar refractivity (Wildman–Crippen MR) is 74.2 cm³/mol. The number of benzene rings is 1. The molecule has 1 aliphatic rings. The first-order valence-electron chi connectivity index (χ1n) is 6.26. The zero-order valence-electron chi connectivity index (χ0n) is 10.5. The molecule has 0 bridgehead atoms. The second kappa shape index (κ2) is 5.51. The Morgan fingerprint density at radius 2 is 2.24 bits per heavy atom. The Morgan fingerprint density at radius 1 is 1.47 bits per heavy atom. The van der Waals surface area contributed by atoms with Gasteiger partial charge in [0.05, 0.1) is 6.10 Å². The molecule has 1 fully saturated rings. The van der Waals surface area contributed by atoms with Gasteiger partial charge in [0.1, 0.15) is 0 Å². The minimum absolute atomic E-state index is 0.152. The van der Waals surface area contributed by atoms with E-state index in [9.17, 15) is 0 Å². The van der Waals surface area contributed by atoms with Crippen LogP contribution >= 0.6 is 15.9 Å². The number of rotatable bonds is 2. The molecule has 17 heavy (non-hydrogen) atoms. The van der Waals surface area contributed by atoms with Crippen LogP contribution in [0.25, 0.3) is 0 Å². The first kappa shape index (κ1) is 13.1. The van der Waals surface area contributed by atoms with Crippen LogP contribution in [0.15, 0.2) is 28.7 Å². The summed E-state index contributed by atoms with van der Waals surface area (Å²) < 4.78 is 7.11. The van der Waals surface area contributed by atoms with Crippen molar-refractivity contribution in [3.05, 3.63) is 34.3 Å². The Bertz CT molecular complexity index is 382. The predicted octanol–water partition coefficient (Wildman–Crippen LogP) is 3.67. The van der Waals surface area contributed by atoms with E-state index >= 15 is 0 Å². The van der Waals surface area contributed by atoms with E-state index in [1.165, 1.54) is 5.56 Å². The van der Waals surface area contributed by atoms with Crippen LogP contribution in [0.3, 0.4) is 0 Å². The van der Waals surface area contributed by atoms with E-state index < -0.39 is 0 Å². The van der Waals surface area contributed by atoms with Crippen LogP contribution in [0.4, 0.5) is 0 Å². The van der Waals surface area contributed by atoms with Crippen molar-refractivity contribution in [2.75, 3.05) is 13.2 Å². The van der Waals surface area contributed by atoms with Crippen molar-refractivity contribution in [2.45, 2.75) is 38.3 Å². The molecule has 0 amide bonds. The Kier molecular flexibility index (Phi) is 4.23. The molecule has 2 unspecified atom stereocenters. The quantitative estimate of drug-likeness (QED) is 0.899. The molecule has 1 saturated heterocycles. The molecule has 1 aromatic carbocycles. The van der Waals surface area contributed by atoms with Gasteiger partial charge in [-0.05, 0) is 31.4 Å². The van der Waals surface area contributed by atoms with Gasteiger partial charge in [-0.2, -0.15) is 0 Å². The summed E-state index contributed by atoms with van der Waals surface area (Å²) in [6.07, 6.45) is 2.36. The van der Waals surface area contributed by atoms with Gasteiger partial charge in [0.25, 0.3) is 0 Å². The molecule has 0 aliphatic carbocycles. The molecule has 1 aromatic rings. The lowest BCUT2D eigenvalue weighted by atomic mass is 9.95. The second-order valence-corrected chi connectivity index (χ2v) is 5.78. The summed E-state index contributed by atoms with van der Waals surface area (Å²) in [6.45, 7) is 6.21. The first-order chi connectivity index (χ1) is 8.14. The summed E-state index contributed by atoms with van der Waals surface area (Å²) >= 11 is 3.60. The van der Waals surface area contributed by atoms with E-state index in [-0.39, 0.29) is 11.6 Å². The Balaban J connectivity index is 2.12. The maximum Gasteiger partial charge on any atom is 0.0960 e. The third-order valence-electron chi connectivity index (χ3n) is 3.72. The van der Waals surface area contributed by atoms with Crippen molar-refractivity contribution in [3.8, 4) is 0 Å². The van der Waals surface area contributed by atoms with Crippen LogP contribution in [0.2, 0.25) is 0 Å². The monoisotopic (exact) mass is 297 g/mol. The van der Waals surface area contributed by atoms with Gasteiger partial charge < -0.3 is 10.1 Å². The zero-order chi connectivity index (χ0) is 12.3. The third-order valence-corrected chi connectivity index (χ3v) is 4.44. The van der Waals surface area contributed by atoms with Crippen molar-refractivity contribution in [2.24, 2.45) is 0 Å². The molecule has 0 aromatic heterocycles. The average molecular weight is 298 g/mol. The van der Waals surface area contributed by atoms with Gasteiger partial charge in [-0.3, -0.25) is 0 Å². The normalized spacial score (nSPS) is 29.9. The van der Waals surface area contributed by atoms with Gasteiger partial charge in [0, 0.05) is 23.2 Å². The lowest BCUT2D eigenvalue weighted by Crippen LogP contribution is -2.42. The van der Waals surface area contributed by atoms with Crippen LogP contribution in [0.1, 0.15) is 38.4 Å².